The second kappa shape index (κ2) is 6.02. The molecule has 0 unspecified atom stereocenters. The van der Waals surface area contributed by atoms with Gasteiger partial charge in [-0.2, -0.15) is 21.6 Å². The van der Waals surface area contributed by atoms with E-state index in [1.807, 2.05) is 24.3 Å². The molecule has 8 heteroatoms. The summed E-state index contributed by atoms with van der Waals surface area (Å²) >= 11 is 0. The van der Waals surface area contributed by atoms with Crippen molar-refractivity contribution in [2.24, 2.45) is 0 Å². The van der Waals surface area contributed by atoms with E-state index in [-0.39, 0.29) is 0 Å². The number of ether oxygens (including phenoxy) is 1. The van der Waals surface area contributed by atoms with Crippen LogP contribution in [0.2, 0.25) is 0 Å². The fourth-order valence-electron chi connectivity index (χ4n) is 2.88. The second-order valence-corrected chi connectivity index (χ2v) is 7.32. The van der Waals surface area contributed by atoms with Gasteiger partial charge in [-0.25, -0.2) is 0 Å². The lowest BCUT2D eigenvalue weighted by molar-refractivity contribution is -0.0500. The number of para-hydroxylation sites is 1. The van der Waals surface area contributed by atoms with Crippen molar-refractivity contribution in [3.8, 4) is 39.5 Å². The zero-order chi connectivity index (χ0) is 19.2. The lowest BCUT2D eigenvalue weighted by atomic mass is 9.95. The van der Waals surface area contributed by atoms with Crippen LogP contribution in [0.4, 0.5) is 13.2 Å². The smallest absolute Gasteiger partial charge is 0.456 e. The summed E-state index contributed by atoms with van der Waals surface area (Å²) in [7, 11) is -5.76. The van der Waals surface area contributed by atoms with Crippen LogP contribution in [0, 0.1) is 0 Å². The quantitative estimate of drug-likeness (QED) is 0.341. The van der Waals surface area contributed by atoms with Gasteiger partial charge in [0.2, 0.25) is 0 Å². The molecule has 0 amide bonds. The van der Waals surface area contributed by atoms with Crippen LogP contribution in [0.15, 0.2) is 66.7 Å². The average molecular weight is 392 g/mol. The normalized spacial score (nSPS) is 12.9. The zero-order valence-electron chi connectivity index (χ0n) is 13.5. The van der Waals surface area contributed by atoms with Gasteiger partial charge in [0, 0.05) is 11.1 Å². The standard InChI is InChI=1S/C19H11F3O4S/c20-19(21,22)27(23,24)26-12-9-10-18-16(11-12)14-6-2-1-5-13(14)15-7-3-4-8-17(15)25-18/h1-11H. The monoisotopic (exact) mass is 392 g/mol. The molecule has 0 saturated carbocycles. The number of hydrogen-bond acceptors (Lipinski definition) is 4. The molecule has 4 rings (SSSR count). The van der Waals surface area contributed by atoms with Gasteiger partial charge in [-0.15, -0.1) is 0 Å². The van der Waals surface area contributed by atoms with Crippen molar-refractivity contribution in [3.05, 3.63) is 66.7 Å². The van der Waals surface area contributed by atoms with E-state index in [9.17, 15) is 21.6 Å². The molecule has 4 nitrogen and oxygen atoms in total. The topological polar surface area (TPSA) is 52.6 Å². The Labute approximate surface area is 152 Å². The van der Waals surface area contributed by atoms with E-state index < -0.39 is 21.4 Å². The van der Waals surface area contributed by atoms with E-state index in [4.69, 9.17) is 4.74 Å². The number of fused-ring (bicyclic) bond motifs is 5. The zero-order valence-corrected chi connectivity index (χ0v) is 14.3. The summed E-state index contributed by atoms with van der Waals surface area (Å²) in [4.78, 5) is 0. The summed E-state index contributed by atoms with van der Waals surface area (Å²) in [5.74, 6) is 0.514. The number of hydrogen-bond donors (Lipinski definition) is 0. The van der Waals surface area contributed by atoms with Gasteiger partial charge >= 0.3 is 15.6 Å². The minimum Gasteiger partial charge on any atom is -0.456 e. The molecule has 0 aromatic heterocycles. The Kier molecular flexibility index (Phi) is 3.88. The number of alkyl halides is 3. The molecule has 27 heavy (non-hydrogen) atoms. The van der Waals surface area contributed by atoms with Gasteiger partial charge in [-0.05, 0) is 35.4 Å². The van der Waals surface area contributed by atoms with Crippen molar-refractivity contribution >= 4 is 10.1 Å². The van der Waals surface area contributed by atoms with Crippen molar-refractivity contribution in [1.82, 2.24) is 0 Å². The minimum absolute atomic E-state index is 0.379. The van der Waals surface area contributed by atoms with E-state index in [1.165, 1.54) is 12.1 Å². The van der Waals surface area contributed by atoms with Crippen LogP contribution < -0.4 is 8.92 Å². The van der Waals surface area contributed by atoms with Gasteiger partial charge in [0.1, 0.15) is 17.2 Å². The molecule has 0 N–H and O–H groups in total. The summed E-state index contributed by atoms with van der Waals surface area (Å²) in [6, 6.07) is 18.3. The Bertz CT molecular complexity index is 1140. The van der Waals surface area contributed by atoms with Crippen molar-refractivity contribution in [1.29, 1.82) is 0 Å². The molecule has 0 bridgehead atoms. The van der Waals surface area contributed by atoms with Crippen molar-refractivity contribution in [3.63, 3.8) is 0 Å². The van der Waals surface area contributed by atoms with Crippen molar-refractivity contribution in [2.45, 2.75) is 5.51 Å². The van der Waals surface area contributed by atoms with Crippen LogP contribution >= 0.6 is 0 Å². The maximum absolute atomic E-state index is 12.6. The molecule has 0 fully saturated rings. The Balaban J connectivity index is 1.88. The minimum atomic E-state index is -5.76. The molecule has 1 aliphatic heterocycles. The van der Waals surface area contributed by atoms with Gasteiger partial charge in [0.15, 0.2) is 0 Å². The predicted octanol–water partition coefficient (Wildman–Crippen LogP) is 5.35. The highest BCUT2D eigenvalue weighted by atomic mass is 32.2. The van der Waals surface area contributed by atoms with Crippen LogP contribution in [0.3, 0.4) is 0 Å². The molecule has 138 valence electrons. The van der Waals surface area contributed by atoms with Gasteiger partial charge in [-0.1, -0.05) is 42.5 Å². The number of rotatable bonds is 2. The number of benzene rings is 3. The maximum atomic E-state index is 12.6. The lowest BCUT2D eigenvalue weighted by Crippen LogP contribution is -2.28. The average Bonchev–Trinajstić information content (AvgIpc) is 2.75. The maximum Gasteiger partial charge on any atom is 0.534 e. The van der Waals surface area contributed by atoms with Gasteiger partial charge in [0.25, 0.3) is 0 Å². The first kappa shape index (κ1) is 17.4. The fraction of sp³-hybridized carbons (Fsp3) is 0.0526. The highest BCUT2D eigenvalue weighted by Gasteiger charge is 2.48. The molecule has 0 radical (unpaired) electrons. The summed E-state index contributed by atoms with van der Waals surface area (Å²) in [5, 5.41) is 0. The molecule has 3 aromatic rings. The first-order chi connectivity index (χ1) is 12.8. The molecule has 0 saturated heterocycles. The van der Waals surface area contributed by atoms with Gasteiger partial charge in [0.05, 0.1) is 0 Å². The summed E-state index contributed by atoms with van der Waals surface area (Å²) in [5.41, 5.74) is -2.77. The van der Waals surface area contributed by atoms with Crippen LogP contribution in [0.1, 0.15) is 0 Å². The molecule has 1 aliphatic rings. The Morgan fingerprint density at radius 3 is 1.96 bits per heavy atom. The molecule has 0 aliphatic carbocycles. The fourth-order valence-corrected chi connectivity index (χ4v) is 3.34. The summed E-state index contributed by atoms with van der Waals surface area (Å²) < 4.78 is 70.6. The number of halogens is 3. The van der Waals surface area contributed by atoms with E-state index in [0.29, 0.717) is 22.6 Å². The summed E-state index contributed by atoms with van der Waals surface area (Å²) in [6.45, 7) is 0. The van der Waals surface area contributed by atoms with E-state index in [2.05, 4.69) is 4.18 Å². The van der Waals surface area contributed by atoms with Crippen LogP contribution in [-0.2, 0) is 10.1 Å². The van der Waals surface area contributed by atoms with E-state index in [0.717, 1.165) is 17.2 Å². The molecule has 0 spiro atoms. The molecule has 3 aromatic carbocycles. The molecular weight excluding hydrogens is 381 g/mol. The summed E-state index contributed by atoms with van der Waals surface area (Å²) in [6.07, 6.45) is 0. The molecule has 0 atom stereocenters. The van der Waals surface area contributed by atoms with Crippen molar-refractivity contribution in [2.75, 3.05) is 0 Å². The third kappa shape index (κ3) is 3.02. The SMILES string of the molecule is O=S(=O)(Oc1ccc2c(c1)-c1ccccc1-c1ccccc1O2)C(F)(F)F. The van der Waals surface area contributed by atoms with Crippen LogP contribution in [0.5, 0.6) is 17.2 Å². The first-order valence-corrected chi connectivity index (χ1v) is 9.18. The lowest BCUT2D eigenvalue weighted by Gasteiger charge is -2.13. The van der Waals surface area contributed by atoms with Crippen LogP contribution in [0.25, 0.3) is 22.3 Å². The van der Waals surface area contributed by atoms with Gasteiger partial charge < -0.3 is 8.92 Å². The largest absolute Gasteiger partial charge is 0.534 e. The Morgan fingerprint density at radius 1 is 0.741 bits per heavy atom. The highest BCUT2D eigenvalue weighted by molar-refractivity contribution is 7.88. The van der Waals surface area contributed by atoms with Gasteiger partial charge in [-0.3, -0.25) is 0 Å². The third-order valence-corrected chi connectivity index (χ3v) is 5.03. The molecular formula is C19H11F3O4S. The first-order valence-electron chi connectivity index (χ1n) is 7.78. The third-order valence-electron chi connectivity index (χ3n) is 4.05. The predicted molar refractivity (Wildman–Crippen MR) is 93.0 cm³/mol. The van der Waals surface area contributed by atoms with Crippen molar-refractivity contribution < 1.29 is 30.5 Å². The highest BCUT2D eigenvalue weighted by Crippen LogP contribution is 2.47. The van der Waals surface area contributed by atoms with Crippen LogP contribution in [-0.4, -0.2) is 13.9 Å². The van der Waals surface area contributed by atoms with E-state index >= 15 is 0 Å². The molecule has 1 heterocycles. The van der Waals surface area contributed by atoms with E-state index in [1.54, 1.807) is 24.3 Å². The second-order valence-electron chi connectivity index (χ2n) is 5.78. The Hall–Kier alpha value is -3.00. The Morgan fingerprint density at radius 2 is 1.30 bits per heavy atom.